The predicted octanol–water partition coefficient (Wildman–Crippen LogP) is -7.05. The third-order valence-corrected chi connectivity index (χ3v) is 2.81. The maximum Gasteiger partial charge on any atom is 0.0319 e. The van der Waals surface area contributed by atoms with Gasteiger partial charge in [0.25, 0.3) is 0 Å². The number of aliphatic hydroxyl groups is 3. The van der Waals surface area contributed by atoms with Gasteiger partial charge in [-0.3, -0.25) is 0 Å². The zero-order chi connectivity index (χ0) is 13.9. The van der Waals surface area contributed by atoms with Gasteiger partial charge in [-0.25, -0.2) is 17.2 Å². The van der Waals surface area contributed by atoms with Gasteiger partial charge in [0.1, 0.15) is 0 Å². The van der Waals surface area contributed by atoms with Gasteiger partial charge in [-0.15, -0.1) is 6.92 Å². The molecule has 0 aromatic heterocycles. The van der Waals surface area contributed by atoms with Crippen molar-refractivity contribution < 1.29 is 74.3 Å². The van der Waals surface area contributed by atoms with Crippen molar-refractivity contribution in [2.45, 2.75) is 34.6 Å². The minimum atomic E-state index is 0. The second-order valence-corrected chi connectivity index (χ2v) is 3.62. The maximum absolute atomic E-state index is 7.00. The van der Waals surface area contributed by atoms with E-state index in [1.54, 1.807) is 0 Å². The standard InChI is InChI=1S/C10H15.3CH4O.3ClH.Ti/c1-7-6-8(2)10(4,5)9(7)3;3*1-2;;;;/h1-5H3;3*2H,1H3;3*1H;/q-1;;;;;;;/p-3. The molecular formula is C13H27Cl3O3Ti-4. The normalized spacial score (nSPS) is 12.7. The van der Waals surface area contributed by atoms with Crippen LogP contribution in [-0.2, 0) is 21.7 Å². The first kappa shape index (κ1) is 42.8. The van der Waals surface area contributed by atoms with Crippen molar-refractivity contribution in [3.63, 3.8) is 0 Å². The Morgan fingerprint density at radius 2 is 1.00 bits per heavy atom. The summed E-state index contributed by atoms with van der Waals surface area (Å²) in [4.78, 5) is 0. The molecule has 0 heterocycles. The average molecular weight is 386 g/mol. The Bertz CT molecular complexity index is 243. The summed E-state index contributed by atoms with van der Waals surface area (Å²) in [5.74, 6) is 0. The van der Waals surface area contributed by atoms with Crippen molar-refractivity contribution in [3.05, 3.63) is 22.8 Å². The van der Waals surface area contributed by atoms with Crippen molar-refractivity contribution in [1.82, 2.24) is 0 Å². The molecule has 3 nitrogen and oxygen atoms in total. The molecule has 0 saturated heterocycles. The van der Waals surface area contributed by atoms with E-state index in [0.717, 1.165) is 21.3 Å². The molecular weight excluding hydrogens is 358 g/mol. The summed E-state index contributed by atoms with van der Waals surface area (Å²) in [6.07, 6.45) is 3.35. The summed E-state index contributed by atoms with van der Waals surface area (Å²) >= 11 is 0. The Balaban J connectivity index is -0.0000000303. The summed E-state index contributed by atoms with van der Waals surface area (Å²) < 4.78 is 0. The quantitative estimate of drug-likeness (QED) is 0.287. The fraction of sp³-hybridized carbons (Fsp3) is 0.692. The molecule has 0 aromatic carbocycles. The van der Waals surface area contributed by atoms with Gasteiger partial charge in [0.05, 0.1) is 0 Å². The van der Waals surface area contributed by atoms with E-state index in [9.17, 15) is 0 Å². The van der Waals surface area contributed by atoms with Gasteiger partial charge in [0.15, 0.2) is 0 Å². The van der Waals surface area contributed by atoms with E-state index in [1.807, 2.05) is 0 Å². The first-order valence-corrected chi connectivity index (χ1v) is 5.09. The Labute approximate surface area is 158 Å². The SMILES string of the molecule is CC1=[C-]C(C)=C(C)C1(C)C.CO.CO.CO.[Cl-].[Cl-].[Cl-].[Ti]. The van der Waals surface area contributed by atoms with Crippen molar-refractivity contribution in [2.75, 3.05) is 21.3 Å². The van der Waals surface area contributed by atoms with Crippen LogP contribution < -0.4 is 37.2 Å². The molecule has 126 valence electrons. The van der Waals surface area contributed by atoms with Gasteiger partial charge in [0, 0.05) is 43.0 Å². The van der Waals surface area contributed by atoms with Crippen LogP contribution in [-0.4, -0.2) is 36.6 Å². The van der Waals surface area contributed by atoms with Gasteiger partial charge in [-0.05, 0) is 0 Å². The van der Waals surface area contributed by atoms with Crippen molar-refractivity contribution in [1.29, 1.82) is 0 Å². The average Bonchev–Trinajstić information content (AvgIpc) is 2.51. The number of aliphatic hydroxyl groups excluding tert-OH is 3. The van der Waals surface area contributed by atoms with E-state index in [2.05, 4.69) is 40.7 Å². The van der Waals surface area contributed by atoms with Crippen LogP contribution in [0.15, 0.2) is 16.7 Å². The molecule has 3 N–H and O–H groups in total. The van der Waals surface area contributed by atoms with Gasteiger partial charge in [0.2, 0.25) is 0 Å². The monoisotopic (exact) mass is 384 g/mol. The van der Waals surface area contributed by atoms with Crippen LogP contribution in [0.25, 0.3) is 0 Å². The predicted molar refractivity (Wildman–Crippen MR) is 69.0 cm³/mol. The molecule has 0 amide bonds. The molecule has 0 spiro atoms. The van der Waals surface area contributed by atoms with Gasteiger partial charge in [-0.2, -0.15) is 5.57 Å². The summed E-state index contributed by atoms with van der Waals surface area (Å²) in [6.45, 7) is 11.0. The molecule has 7 heteroatoms. The molecule has 0 saturated carbocycles. The molecule has 0 unspecified atom stereocenters. The van der Waals surface area contributed by atoms with Crippen LogP contribution in [0.2, 0.25) is 0 Å². The van der Waals surface area contributed by atoms with Crippen LogP contribution in [0, 0.1) is 11.5 Å². The molecule has 1 aliphatic rings. The van der Waals surface area contributed by atoms with Gasteiger partial charge in [-0.1, -0.05) is 33.1 Å². The molecule has 1 rings (SSSR count). The molecule has 0 bridgehead atoms. The number of hydrogen-bond donors (Lipinski definition) is 3. The summed E-state index contributed by atoms with van der Waals surface area (Å²) in [7, 11) is 3.00. The fourth-order valence-electron chi connectivity index (χ4n) is 1.28. The van der Waals surface area contributed by atoms with Crippen LogP contribution in [0.5, 0.6) is 0 Å². The zero-order valence-electron chi connectivity index (χ0n) is 13.5. The van der Waals surface area contributed by atoms with E-state index in [4.69, 9.17) is 15.3 Å². The third kappa shape index (κ3) is 13.9. The molecule has 0 atom stereocenters. The van der Waals surface area contributed by atoms with Crippen molar-refractivity contribution in [3.8, 4) is 0 Å². The first-order chi connectivity index (χ1) is 7.46. The van der Waals surface area contributed by atoms with Crippen LogP contribution >= 0.6 is 0 Å². The Morgan fingerprint density at radius 3 is 1.05 bits per heavy atom. The van der Waals surface area contributed by atoms with E-state index >= 15 is 0 Å². The van der Waals surface area contributed by atoms with Crippen LogP contribution in [0.1, 0.15) is 34.6 Å². The van der Waals surface area contributed by atoms with Gasteiger partial charge < -0.3 is 52.5 Å². The second-order valence-electron chi connectivity index (χ2n) is 3.62. The minimum absolute atomic E-state index is 0. The van der Waals surface area contributed by atoms with Gasteiger partial charge >= 0.3 is 0 Å². The Kier molecular flexibility index (Phi) is 53.4. The Morgan fingerprint density at radius 1 is 0.750 bits per heavy atom. The number of rotatable bonds is 0. The maximum atomic E-state index is 7.00. The second kappa shape index (κ2) is 24.9. The summed E-state index contributed by atoms with van der Waals surface area (Å²) in [5, 5.41) is 21.0. The Hall–Kier alpha value is 0.944. The number of hydrogen-bond acceptors (Lipinski definition) is 3. The molecule has 1 aliphatic carbocycles. The topological polar surface area (TPSA) is 60.7 Å². The van der Waals surface area contributed by atoms with E-state index in [0.29, 0.717) is 0 Å². The molecule has 20 heavy (non-hydrogen) atoms. The zero-order valence-corrected chi connectivity index (χ0v) is 17.3. The number of halogens is 3. The summed E-state index contributed by atoms with van der Waals surface area (Å²) in [5.41, 5.74) is 4.42. The fourth-order valence-corrected chi connectivity index (χ4v) is 1.28. The smallest absolute Gasteiger partial charge is 0.0319 e. The van der Waals surface area contributed by atoms with Crippen molar-refractivity contribution in [2.24, 2.45) is 5.41 Å². The minimum Gasteiger partial charge on any atom is -1.00 e. The molecule has 0 aliphatic heterocycles. The van der Waals surface area contributed by atoms with Crippen LogP contribution in [0.4, 0.5) is 0 Å². The first-order valence-electron chi connectivity index (χ1n) is 5.09. The molecule has 0 aromatic rings. The molecule has 0 fully saturated rings. The van der Waals surface area contributed by atoms with E-state index < -0.39 is 0 Å². The molecule has 0 radical (unpaired) electrons. The largest absolute Gasteiger partial charge is 1.00 e. The summed E-state index contributed by atoms with van der Waals surface area (Å²) in [6, 6.07) is 0. The number of allylic oxidation sites excluding steroid dienone is 4. The van der Waals surface area contributed by atoms with Crippen molar-refractivity contribution >= 4 is 0 Å². The third-order valence-electron chi connectivity index (χ3n) is 2.81. The van der Waals surface area contributed by atoms with E-state index in [-0.39, 0.29) is 64.4 Å². The van der Waals surface area contributed by atoms with E-state index in [1.165, 1.54) is 16.7 Å². The van der Waals surface area contributed by atoms with Crippen LogP contribution in [0.3, 0.4) is 0 Å².